The fraction of sp³-hybridized carbons (Fsp3) is 0.346. The minimum atomic E-state index is -3.49. The van der Waals surface area contributed by atoms with E-state index >= 15 is 0 Å². The maximum atomic E-state index is 12.0. The fourth-order valence-corrected chi connectivity index (χ4v) is 5.04. The molecule has 2 heterocycles. The van der Waals surface area contributed by atoms with Crippen molar-refractivity contribution < 1.29 is 23.0 Å². The van der Waals surface area contributed by atoms with Gasteiger partial charge in [-0.15, -0.1) is 0 Å². The zero-order valence-corrected chi connectivity index (χ0v) is 20.6. The lowest BCUT2D eigenvalue weighted by Gasteiger charge is -2.23. The highest BCUT2D eigenvalue weighted by Crippen LogP contribution is 2.27. The Balaban J connectivity index is 1.44. The molecule has 0 bridgehead atoms. The summed E-state index contributed by atoms with van der Waals surface area (Å²) in [7, 11) is -3.49. The predicted octanol–water partition coefficient (Wildman–Crippen LogP) is 2.58. The van der Waals surface area contributed by atoms with Crippen LogP contribution in [0.2, 0.25) is 0 Å². The number of hydrogen-bond donors (Lipinski definition) is 2. The number of ether oxygens (including phenoxy) is 2. The van der Waals surface area contributed by atoms with Gasteiger partial charge in [-0.05, 0) is 35.4 Å². The molecule has 36 heavy (non-hydrogen) atoms. The Bertz CT molecular complexity index is 1320. The Morgan fingerprint density at radius 3 is 2.58 bits per heavy atom. The van der Waals surface area contributed by atoms with Crippen molar-refractivity contribution in [3.8, 4) is 23.1 Å². The van der Waals surface area contributed by atoms with Crippen molar-refractivity contribution in [2.24, 2.45) is 0 Å². The first-order valence-electron chi connectivity index (χ1n) is 11.7. The van der Waals surface area contributed by atoms with Crippen LogP contribution >= 0.6 is 0 Å². The Morgan fingerprint density at radius 2 is 1.86 bits per heavy atom. The molecule has 1 fully saturated rings. The number of rotatable bonds is 10. The van der Waals surface area contributed by atoms with Gasteiger partial charge in [-0.1, -0.05) is 24.3 Å². The van der Waals surface area contributed by atoms with E-state index in [4.69, 9.17) is 14.6 Å². The van der Waals surface area contributed by atoms with Gasteiger partial charge >= 0.3 is 0 Å². The molecule has 1 aliphatic rings. The number of sulfonamides is 1. The molecule has 188 valence electrons. The number of aromatic nitrogens is 2. The van der Waals surface area contributed by atoms with Crippen LogP contribution in [0.3, 0.4) is 0 Å². The summed E-state index contributed by atoms with van der Waals surface area (Å²) in [6.07, 6.45) is 3.81. The largest absolute Gasteiger partial charge is 0.489 e. The number of nitrogens with one attached hydrogen (secondary N) is 1. The van der Waals surface area contributed by atoms with Gasteiger partial charge in [-0.25, -0.2) is 23.1 Å². The molecule has 0 radical (unpaired) electrons. The molecule has 10 heteroatoms. The highest BCUT2D eigenvalue weighted by molar-refractivity contribution is 7.88. The van der Waals surface area contributed by atoms with Gasteiger partial charge < -0.3 is 14.6 Å². The van der Waals surface area contributed by atoms with Crippen LogP contribution in [-0.2, 0) is 26.9 Å². The standard InChI is InChI=1S/C26H28N4O5S/c27-17-22-16-21(5-6-25(22)35-23-8-13-34-14-9-23)24-7-10-28-26(30-24)15-19-1-3-20(4-2-19)18-36(32,33)29-11-12-31/h1-7,10,16,23,29,31H,8-9,11-15,18H2. The number of nitrogens with zero attached hydrogens (tertiary/aromatic N) is 3. The van der Waals surface area contributed by atoms with Crippen molar-refractivity contribution in [1.82, 2.24) is 14.7 Å². The van der Waals surface area contributed by atoms with Crippen molar-refractivity contribution in [2.75, 3.05) is 26.4 Å². The van der Waals surface area contributed by atoms with E-state index in [9.17, 15) is 13.7 Å². The van der Waals surface area contributed by atoms with Crippen molar-refractivity contribution in [3.05, 3.63) is 77.2 Å². The zero-order valence-electron chi connectivity index (χ0n) is 19.8. The fourth-order valence-electron chi connectivity index (χ4n) is 3.91. The van der Waals surface area contributed by atoms with Crippen molar-refractivity contribution in [3.63, 3.8) is 0 Å². The minimum Gasteiger partial charge on any atom is -0.489 e. The molecule has 2 aromatic carbocycles. The highest BCUT2D eigenvalue weighted by Gasteiger charge is 2.18. The summed E-state index contributed by atoms with van der Waals surface area (Å²) in [5.74, 6) is 1.02. The lowest BCUT2D eigenvalue weighted by Crippen LogP contribution is -2.27. The van der Waals surface area contributed by atoms with Crippen molar-refractivity contribution in [2.45, 2.75) is 31.1 Å². The van der Waals surface area contributed by atoms with E-state index < -0.39 is 10.0 Å². The Morgan fingerprint density at radius 1 is 1.11 bits per heavy atom. The van der Waals surface area contributed by atoms with E-state index in [1.54, 1.807) is 30.5 Å². The Hall–Kier alpha value is -3.36. The summed E-state index contributed by atoms with van der Waals surface area (Å²) in [6, 6.07) is 16.7. The van der Waals surface area contributed by atoms with E-state index in [1.165, 1.54) is 0 Å². The SMILES string of the molecule is N#Cc1cc(-c2ccnc(Cc3ccc(CS(=O)(=O)NCCO)cc3)n2)ccc1OC1CCOCC1. The molecule has 0 amide bonds. The molecule has 9 nitrogen and oxygen atoms in total. The third-order valence-electron chi connectivity index (χ3n) is 5.74. The second-order valence-electron chi connectivity index (χ2n) is 8.48. The lowest BCUT2D eigenvalue weighted by atomic mass is 10.1. The predicted molar refractivity (Wildman–Crippen MR) is 134 cm³/mol. The van der Waals surface area contributed by atoms with Gasteiger partial charge in [-0.2, -0.15) is 5.26 Å². The van der Waals surface area contributed by atoms with Crippen LogP contribution in [0, 0.1) is 11.3 Å². The summed E-state index contributed by atoms with van der Waals surface area (Å²) < 4.78 is 37.7. The topological polar surface area (TPSA) is 134 Å². The normalized spacial score (nSPS) is 14.3. The third-order valence-corrected chi connectivity index (χ3v) is 7.10. The van der Waals surface area contributed by atoms with Crippen LogP contribution in [-0.4, -0.2) is 56.0 Å². The highest BCUT2D eigenvalue weighted by atomic mass is 32.2. The number of aliphatic hydroxyl groups is 1. The van der Waals surface area contributed by atoms with Crippen LogP contribution in [0.1, 0.15) is 35.4 Å². The van der Waals surface area contributed by atoms with E-state index in [-0.39, 0.29) is 25.0 Å². The van der Waals surface area contributed by atoms with Gasteiger partial charge in [-0.3, -0.25) is 0 Å². The van der Waals surface area contributed by atoms with Crippen LogP contribution in [0.25, 0.3) is 11.3 Å². The monoisotopic (exact) mass is 508 g/mol. The van der Waals surface area contributed by atoms with Crippen LogP contribution in [0.15, 0.2) is 54.7 Å². The molecule has 3 aromatic rings. The first-order chi connectivity index (χ1) is 17.5. The molecule has 0 unspecified atom stereocenters. The molecule has 1 aliphatic heterocycles. The molecule has 0 atom stereocenters. The van der Waals surface area contributed by atoms with Gasteiger partial charge in [0.15, 0.2) is 0 Å². The van der Waals surface area contributed by atoms with Crippen LogP contribution < -0.4 is 9.46 Å². The Kier molecular flexibility index (Phi) is 8.61. The maximum Gasteiger partial charge on any atom is 0.215 e. The molecule has 0 saturated carbocycles. The smallest absolute Gasteiger partial charge is 0.215 e. The van der Waals surface area contributed by atoms with E-state index in [2.05, 4.69) is 20.8 Å². The van der Waals surface area contributed by atoms with Crippen molar-refractivity contribution in [1.29, 1.82) is 5.26 Å². The number of aliphatic hydroxyl groups excluding tert-OH is 1. The first kappa shape index (κ1) is 25.7. The minimum absolute atomic E-state index is 0.00431. The summed E-state index contributed by atoms with van der Waals surface area (Å²) in [4.78, 5) is 9.04. The quantitative estimate of drug-likeness (QED) is 0.427. The van der Waals surface area contributed by atoms with Gasteiger partial charge in [0.2, 0.25) is 10.0 Å². The molecule has 0 spiro atoms. The first-order valence-corrected chi connectivity index (χ1v) is 13.4. The second kappa shape index (κ2) is 12.1. The summed E-state index contributed by atoms with van der Waals surface area (Å²) >= 11 is 0. The number of hydrogen-bond acceptors (Lipinski definition) is 8. The average molecular weight is 509 g/mol. The lowest BCUT2D eigenvalue weighted by molar-refractivity contribution is 0.0254. The molecule has 4 rings (SSSR count). The molecule has 1 saturated heterocycles. The Labute approximate surface area is 210 Å². The third kappa shape index (κ3) is 7.08. The number of nitriles is 1. The summed E-state index contributed by atoms with van der Waals surface area (Å²) in [5, 5.41) is 18.5. The average Bonchev–Trinajstić information content (AvgIpc) is 2.89. The van der Waals surface area contributed by atoms with E-state index in [0.29, 0.717) is 48.0 Å². The molecule has 0 aliphatic carbocycles. The van der Waals surface area contributed by atoms with Gasteiger partial charge in [0, 0.05) is 37.6 Å². The summed E-state index contributed by atoms with van der Waals surface area (Å²) in [6.45, 7) is 1.08. The number of benzene rings is 2. The maximum absolute atomic E-state index is 12.0. The van der Waals surface area contributed by atoms with Crippen LogP contribution in [0.5, 0.6) is 5.75 Å². The molecular formula is C26H28N4O5S. The zero-order chi connectivity index (χ0) is 25.4. The molecular weight excluding hydrogens is 480 g/mol. The second-order valence-corrected chi connectivity index (χ2v) is 10.3. The van der Waals surface area contributed by atoms with E-state index in [1.807, 2.05) is 24.3 Å². The van der Waals surface area contributed by atoms with Crippen LogP contribution in [0.4, 0.5) is 0 Å². The van der Waals surface area contributed by atoms with Gasteiger partial charge in [0.05, 0.1) is 36.8 Å². The van der Waals surface area contributed by atoms with Gasteiger partial charge in [0.1, 0.15) is 23.7 Å². The summed E-state index contributed by atoms with van der Waals surface area (Å²) in [5.41, 5.74) is 3.54. The van der Waals surface area contributed by atoms with E-state index in [0.717, 1.165) is 24.0 Å². The molecule has 1 aromatic heterocycles. The molecule has 2 N–H and O–H groups in total. The van der Waals surface area contributed by atoms with Gasteiger partial charge in [0.25, 0.3) is 0 Å². The van der Waals surface area contributed by atoms with Crippen molar-refractivity contribution >= 4 is 10.0 Å².